The zero-order chi connectivity index (χ0) is 14.9. The number of anilines is 1. The second-order valence-electron chi connectivity index (χ2n) is 5.87. The van der Waals surface area contributed by atoms with Crippen LogP contribution in [0, 0.1) is 6.92 Å². The molecular formula is C16H25N3O. The first-order chi connectivity index (χ1) is 9.43. The van der Waals surface area contributed by atoms with Crippen LogP contribution in [0.2, 0.25) is 0 Å². The Labute approximate surface area is 121 Å². The quantitative estimate of drug-likeness (QED) is 0.899. The molecule has 0 saturated carbocycles. The van der Waals surface area contributed by atoms with Gasteiger partial charge < -0.3 is 10.2 Å². The third-order valence-electron chi connectivity index (χ3n) is 4.32. The molecule has 110 valence electrons. The van der Waals surface area contributed by atoms with Crippen LogP contribution in [0.4, 0.5) is 5.69 Å². The van der Waals surface area contributed by atoms with Crippen molar-refractivity contribution in [2.45, 2.75) is 32.9 Å². The van der Waals surface area contributed by atoms with Gasteiger partial charge in [0.15, 0.2) is 0 Å². The number of hydrogen-bond donors (Lipinski definition) is 1. The van der Waals surface area contributed by atoms with Crippen LogP contribution in [0.25, 0.3) is 0 Å². The minimum Gasteiger partial charge on any atom is -0.387 e. The predicted octanol–water partition coefficient (Wildman–Crippen LogP) is 2.20. The van der Waals surface area contributed by atoms with E-state index in [9.17, 15) is 4.79 Å². The lowest BCUT2D eigenvalue weighted by Crippen LogP contribution is -2.56. The van der Waals surface area contributed by atoms with Gasteiger partial charge in [0.2, 0.25) is 0 Å². The van der Waals surface area contributed by atoms with Crippen molar-refractivity contribution < 1.29 is 4.79 Å². The van der Waals surface area contributed by atoms with E-state index in [2.05, 4.69) is 31.1 Å². The van der Waals surface area contributed by atoms with Gasteiger partial charge >= 0.3 is 0 Å². The summed E-state index contributed by atoms with van der Waals surface area (Å²) in [6, 6.07) is 6.77. The second kappa shape index (κ2) is 5.83. The minimum absolute atomic E-state index is 0.129. The average molecular weight is 275 g/mol. The molecule has 1 saturated heterocycles. The van der Waals surface area contributed by atoms with E-state index in [1.165, 1.54) is 0 Å². The van der Waals surface area contributed by atoms with Crippen molar-refractivity contribution in [3.8, 4) is 0 Å². The number of likely N-dealkylation sites (N-methyl/N-ethyl adjacent to an activating group) is 1. The van der Waals surface area contributed by atoms with Crippen molar-refractivity contribution in [3.63, 3.8) is 0 Å². The standard InChI is InChI=1S/C16H25N3O/c1-11-6-7-15(17-4)14(8-11)16(20)19-9-12(2)18(5)13(3)10-19/h6-8,12-13,17H,9-10H2,1-5H3. The molecule has 2 rings (SSSR count). The van der Waals surface area contributed by atoms with Gasteiger partial charge in [-0.2, -0.15) is 0 Å². The lowest BCUT2D eigenvalue weighted by Gasteiger charge is -2.42. The minimum atomic E-state index is 0.129. The summed E-state index contributed by atoms with van der Waals surface area (Å²) in [6.45, 7) is 7.94. The Morgan fingerprint density at radius 2 is 1.85 bits per heavy atom. The monoisotopic (exact) mass is 275 g/mol. The van der Waals surface area contributed by atoms with Crippen molar-refractivity contribution in [1.82, 2.24) is 9.80 Å². The molecule has 1 aromatic rings. The van der Waals surface area contributed by atoms with E-state index in [1.807, 2.05) is 37.1 Å². The van der Waals surface area contributed by atoms with E-state index in [4.69, 9.17) is 0 Å². The van der Waals surface area contributed by atoms with Crippen LogP contribution in [-0.4, -0.2) is 55.0 Å². The maximum atomic E-state index is 12.8. The Hall–Kier alpha value is -1.55. The Balaban J connectivity index is 2.25. The number of piperazine rings is 1. The highest BCUT2D eigenvalue weighted by molar-refractivity contribution is 6.00. The highest BCUT2D eigenvalue weighted by atomic mass is 16.2. The number of aryl methyl sites for hydroxylation is 1. The smallest absolute Gasteiger partial charge is 0.256 e. The van der Waals surface area contributed by atoms with Crippen molar-refractivity contribution in [2.24, 2.45) is 0 Å². The highest BCUT2D eigenvalue weighted by Gasteiger charge is 2.30. The fourth-order valence-electron chi connectivity index (χ4n) is 2.79. The van der Waals surface area contributed by atoms with Crippen molar-refractivity contribution in [1.29, 1.82) is 0 Å². The fourth-order valence-corrected chi connectivity index (χ4v) is 2.79. The molecule has 1 fully saturated rings. The molecule has 0 bridgehead atoms. The summed E-state index contributed by atoms with van der Waals surface area (Å²) in [4.78, 5) is 17.1. The molecule has 1 aliphatic rings. The molecule has 0 aliphatic carbocycles. The maximum Gasteiger partial charge on any atom is 0.256 e. The van der Waals surface area contributed by atoms with E-state index in [1.54, 1.807) is 0 Å². The third kappa shape index (κ3) is 2.80. The predicted molar refractivity (Wildman–Crippen MR) is 83.3 cm³/mol. The van der Waals surface area contributed by atoms with Crippen LogP contribution >= 0.6 is 0 Å². The van der Waals surface area contributed by atoms with Gasteiger partial charge in [-0.1, -0.05) is 11.6 Å². The molecule has 1 aliphatic heterocycles. The molecule has 1 aromatic carbocycles. The number of rotatable bonds is 2. The van der Waals surface area contributed by atoms with Gasteiger partial charge in [0.05, 0.1) is 5.56 Å². The topological polar surface area (TPSA) is 35.6 Å². The summed E-state index contributed by atoms with van der Waals surface area (Å²) in [6.07, 6.45) is 0. The number of benzene rings is 1. The molecule has 0 aromatic heterocycles. The largest absolute Gasteiger partial charge is 0.387 e. The number of hydrogen-bond acceptors (Lipinski definition) is 3. The zero-order valence-electron chi connectivity index (χ0n) is 13.1. The Bertz CT molecular complexity index is 488. The van der Waals surface area contributed by atoms with Gasteiger partial charge in [-0.15, -0.1) is 0 Å². The molecule has 0 radical (unpaired) electrons. The summed E-state index contributed by atoms with van der Waals surface area (Å²) in [5.74, 6) is 0.129. The molecule has 0 spiro atoms. The van der Waals surface area contributed by atoms with Gasteiger partial charge in [-0.25, -0.2) is 0 Å². The van der Waals surface area contributed by atoms with Crippen LogP contribution in [-0.2, 0) is 0 Å². The SMILES string of the molecule is CNc1ccc(C)cc1C(=O)N1CC(C)N(C)C(C)C1. The Kier molecular flexibility index (Phi) is 4.33. The molecule has 4 nitrogen and oxygen atoms in total. The molecule has 2 atom stereocenters. The summed E-state index contributed by atoms with van der Waals surface area (Å²) < 4.78 is 0. The summed E-state index contributed by atoms with van der Waals surface area (Å²) in [5.41, 5.74) is 2.79. The van der Waals surface area contributed by atoms with E-state index in [0.717, 1.165) is 29.9 Å². The van der Waals surface area contributed by atoms with E-state index in [0.29, 0.717) is 12.1 Å². The van der Waals surface area contributed by atoms with E-state index in [-0.39, 0.29) is 5.91 Å². The number of nitrogens with zero attached hydrogens (tertiary/aromatic N) is 2. The van der Waals surface area contributed by atoms with Crippen LogP contribution in [0.1, 0.15) is 29.8 Å². The molecule has 4 heteroatoms. The molecule has 1 N–H and O–H groups in total. The Morgan fingerprint density at radius 3 is 2.40 bits per heavy atom. The highest BCUT2D eigenvalue weighted by Crippen LogP contribution is 2.22. The second-order valence-corrected chi connectivity index (χ2v) is 5.87. The van der Waals surface area contributed by atoms with Crippen molar-refractivity contribution in [2.75, 3.05) is 32.5 Å². The van der Waals surface area contributed by atoms with E-state index < -0.39 is 0 Å². The van der Waals surface area contributed by atoms with Crippen LogP contribution in [0.3, 0.4) is 0 Å². The van der Waals surface area contributed by atoms with Crippen LogP contribution in [0.5, 0.6) is 0 Å². The maximum absolute atomic E-state index is 12.8. The van der Waals surface area contributed by atoms with Crippen LogP contribution in [0.15, 0.2) is 18.2 Å². The first kappa shape index (κ1) is 14.9. The van der Waals surface area contributed by atoms with Crippen molar-refractivity contribution >= 4 is 11.6 Å². The summed E-state index contributed by atoms with van der Waals surface area (Å²) >= 11 is 0. The number of amides is 1. The molecule has 20 heavy (non-hydrogen) atoms. The molecule has 1 amide bonds. The lowest BCUT2D eigenvalue weighted by atomic mass is 10.0. The van der Waals surface area contributed by atoms with Crippen LogP contribution < -0.4 is 5.32 Å². The van der Waals surface area contributed by atoms with Gasteiger partial charge in [0.1, 0.15) is 0 Å². The summed E-state index contributed by atoms with van der Waals surface area (Å²) in [7, 11) is 3.99. The van der Waals surface area contributed by atoms with Crippen molar-refractivity contribution in [3.05, 3.63) is 29.3 Å². The Morgan fingerprint density at radius 1 is 1.25 bits per heavy atom. The van der Waals surface area contributed by atoms with Gasteiger partial charge in [0.25, 0.3) is 5.91 Å². The molecular weight excluding hydrogens is 250 g/mol. The molecule has 1 heterocycles. The van der Waals surface area contributed by atoms with Gasteiger partial charge in [0, 0.05) is 37.9 Å². The fraction of sp³-hybridized carbons (Fsp3) is 0.562. The normalized spacial score (nSPS) is 23.8. The zero-order valence-corrected chi connectivity index (χ0v) is 13.1. The average Bonchev–Trinajstić information content (AvgIpc) is 2.43. The van der Waals surface area contributed by atoms with Gasteiger partial charge in [-0.05, 0) is 40.0 Å². The summed E-state index contributed by atoms with van der Waals surface area (Å²) in [5, 5.41) is 3.12. The lowest BCUT2D eigenvalue weighted by molar-refractivity contribution is 0.0415. The number of carbonyl (C=O) groups excluding carboxylic acids is 1. The molecule has 2 unspecified atom stereocenters. The number of nitrogens with one attached hydrogen (secondary N) is 1. The third-order valence-corrected chi connectivity index (χ3v) is 4.32. The van der Waals surface area contributed by atoms with E-state index >= 15 is 0 Å². The van der Waals surface area contributed by atoms with Gasteiger partial charge in [-0.3, -0.25) is 9.69 Å². The number of carbonyl (C=O) groups is 1. The first-order valence-corrected chi connectivity index (χ1v) is 7.23. The first-order valence-electron chi connectivity index (χ1n) is 7.23.